The molecular formula is C19H23N5O. The normalized spacial score (nSPS) is 23.8. The maximum absolute atomic E-state index is 12.7. The smallest absolute Gasteiger partial charge is 0.241 e. The van der Waals surface area contributed by atoms with Crippen molar-refractivity contribution in [3.63, 3.8) is 0 Å². The second-order valence-corrected chi connectivity index (χ2v) is 7.23. The van der Waals surface area contributed by atoms with Gasteiger partial charge < -0.3 is 14.8 Å². The number of nitrogens with one attached hydrogen (secondary N) is 3. The van der Waals surface area contributed by atoms with Crippen molar-refractivity contribution in [2.24, 2.45) is 0 Å². The number of benzene rings is 1. The lowest BCUT2D eigenvalue weighted by Gasteiger charge is -2.46. The van der Waals surface area contributed by atoms with Gasteiger partial charge in [-0.05, 0) is 43.5 Å². The van der Waals surface area contributed by atoms with Gasteiger partial charge in [0, 0.05) is 31.5 Å². The minimum absolute atomic E-state index is 0.0713. The number of amides is 1. The van der Waals surface area contributed by atoms with Crippen LogP contribution in [0.4, 0.5) is 5.69 Å². The quantitative estimate of drug-likeness (QED) is 0.740. The maximum Gasteiger partial charge on any atom is 0.241 e. The highest BCUT2D eigenvalue weighted by molar-refractivity contribution is 5.82. The van der Waals surface area contributed by atoms with Gasteiger partial charge in [0.15, 0.2) is 0 Å². The van der Waals surface area contributed by atoms with E-state index in [2.05, 4.69) is 63.3 Å². The predicted octanol–water partition coefficient (Wildman–Crippen LogP) is 1.59. The van der Waals surface area contributed by atoms with E-state index in [9.17, 15) is 4.79 Å². The van der Waals surface area contributed by atoms with Crippen LogP contribution >= 0.6 is 0 Å². The zero-order valence-electron chi connectivity index (χ0n) is 14.2. The minimum atomic E-state index is -0.0873. The first-order valence-electron chi connectivity index (χ1n) is 9.09. The van der Waals surface area contributed by atoms with Gasteiger partial charge >= 0.3 is 0 Å². The third kappa shape index (κ3) is 2.28. The highest BCUT2D eigenvalue weighted by atomic mass is 16.2. The fourth-order valence-corrected chi connectivity index (χ4v) is 4.47. The van der Waals surface area contributed by atoms with Gasteiger partial charge in [-0.15, -0.1) is 0 Å². The zero-order chi connectivity index (χ0) is 16.9. The van der Waals surface area contributed by atoms with Gasteiger partial charge in [-0.1, -0.05) is 12.1 Å². The summed E-state index contributed by atoms with van der Waals surface area (Å²) in [5, 5.41) is 3.80. The fourth-order valence-electron chi connectivity index (χ4n) is 4.47. The molecule has 1 atom stereocenters. The van der Waals surface area contributed by atoms with Crippen molar-refractivity contribution in [1.82, 2.24) is 20.3 Å². The van der Waals surface area contributed by atoms with Crippen LogP contribution in [0.15, 0.2) is 42.6 Å². The number of fused-ring (bicyclic) bond motifs is 4. The topological polar surface area (TPSA) is 61.3 Å². The molecule has 6 heteroatoms. The summed E-state index contributed by atoms with van der Waals surface area (Å²) in [7, 11) is 0. The summed E-state index contributed by atoms with van der Waals surface area (Å²) >= 11 is 0. The van der Waals surface area contributed by atoms with Crippen LogP contribution in [0.2, 0.25) is 0 Å². The van der Waals surface area contributed by atoms with Gasteiger partial charge in [0.25, 0.3) is 0 Å². The van der Waals surface area contributed by atoms with Crippen molar-refractivity contribution in [3.8, 4) is 5.69 Å². The van der Waals surface area contributed by atoms with Crippen LogP contribution < -0.4 is 16.2 Å². The Kier molecular flexibility index (Phi) is 3.36. The number of rotatable bonds is 1. The van der Waals surface area contributed by atoms with Crippen LogP contribution in [0.5, 0.6) is 0 Å². The molecule has 0 saturated carbocycles. The molecule has 5 rings (SSSR count). The Bertz CT molecular complexity index is 800. The highest BCUT2D eigenvalue weighted by Gasteiger charge is 2.43. The number of para-hydroxylation sites is 2. The molecule has 6 nitrogen and oxygen atoms in total. The van der Waals surface area contributed by atoms with Crippen LogP contribution in [-0.4, -0.2) is 41.1 Å². The number of hydrogen-bond donors (Lipinski definition) is 3. The third-order valence-corrected chi connectivity index (χ3v) is 5.84. The van der Waals surface area contributed by atoms with Gasteiger partial charge in [-0.3, -0.25) is 10.2 Å². The number of aromatic nitrogens is 1. The standard InChI is InChI=1S/C19H23N5O/c25-18(15-7-10-20-22-15)23-12-8-19(9-13-23)17-6-3-11-24(17)16-5-2-1-4-14(16)21-19/h1-6,11,15,20-22H,7-10,12-13H2. The Hall–Kier alpha value is -2.31. The SMILES string of the molecule is O=C(C1CCNN1)N1CCC2(CC1)Nc1ccccc1-n1cccc12. The summed E-state index contributed by atoms with van der Waals surface area (Å²) in [4.78, 5) is 14.7. The first-order valence-corrected chi connectivity index (χ1v) is 9.09. The fraction of sp³-hybridized carbons (Fsp3) is 0.421. The number of hydrogen-bond acceptors (Lipinski definition) is 4. The molecule has 130 valence electrons. The molecule has 0 bridgehead atoms. The van der Waals surface area contributed by atoms with Gasteiger partial charge in [0.1, 0.15) is 6.04 Å². The molecule has 25 heavy (non-hydrogen) atoms. The van der Waals surface area contributed by atoms with Crippen LogP contribution in [-0.2, 0) is 10.3 Å². The van der Waals surface area contributed by atoms with Crippen molar-refractivity contribution in [2.75, 3.05) is 25.0 Å². The van der Waals surface area contributed by atoms with E-state index >= 15 is 0 Å². The summed E-state index contributed by atoms with van der Waals surface area (Å²) in [5.41, 5.74) is 9.74. The lowest BCUT2D eigenvalue weighted by molar-refractivity contribution is -0.134. The highest BCUT2D eigenvalue weighted by Crippen LogP contribution is 2.43. The summed E-state index contributed by atoms with van der Waals surface area (Å²) < 4.78 is 2.30. The number of piperidine rings is 1. The monoisotopic (exact) mass is 337 g/mol. The summed E-state index contributed by atoms with van der Waals surface area (Å²) in [6.45, 7) is 2.44. The zero-order valence-corrected chi connectivity index (χ0v) is 14.2. The molecule has 1 amide bonds. The Balaban J connectivity index is 1.40. The second kappa shape index (κ2) is 5.61. The van der Waals surface area contributed by atoms with E-state index in [1.165, 1.54) is 17.1 Å². The van der Waals surface area contributed by atoms with E-state index in [-0.39, 0.29) is 17.5 Å². The van der Waals surface area contributed by atoms with Crippen molar-refractivity contribution in [2.45, 2.75) is 30.8 Å². The molecule has 3 N–H and O–H groups in total. The number of likely N-dealkylation sites (tertiary alicyclic amines) is 1. The average Bonchev–Trinajstić information content (AvgIpc) is 3.34. The van der Waals surface area contributed by atoms with E-state index in [0.29, 0.717) is 0 Å². The van der Waals surface area contributed by atoms with E-state index < -0.39 is 0 Å². The molecule has 1 aromatic carbocycles. The Morgan fingerprint density at radius 1 is 1.12 bits per heavy atom. The molecule has 0 radical (unpaired) electrons. The van der Waals surface area contributed by atoms with Gasteiger partial charge in [0.05, 0.1) is 16.9 Å². The van der Waals surface area contributed by atoms with Crippen LogP contribution in [0, 0.1) is 0 Å². The van der Waals surface area contributed by atoms with E-state index in [0.717, 1.165) is 38.9 Å². The van der Waals surface area contributed by atoms with Crippen molar-refractivity contribution >= 4 is 11.6 Å². The van der Waals surface area contributed by atoms with Gasteiger partial charge in [0.2, 0.25) is 5.91 Å². The molecule has 3 aliphatic rings. The average molecular weight is 337 g/mol. The largest absolute Gasteiger partial charge is 0.372 e. The maximum atomic E-state index is 12.7. The number of nitrogens with zero attached hydrogens (tertiary/aromatic N) is 2. The summed E-state index contributed by atoms with van der Waals surface area (Å²) in [6, 6.07) is 12.7. The Labute approximate surface area is 147 Å². The lowest BCUT2D eigenvalue weighted by atomic mass is 9.82. The lowest BCUT2D eigenvalue weighted by Crippen LogP contribution is -2.54. The predicted molar refractivity (Wildman–Crippen MR) is 96.4 cm³/mol. The molecule has 0 aliphatic carbocycles. The Morgan fingerprint density at radius 2 is 1.96 bits per heavy atom. The molecule has 1 spiro atoms. The molecule has 2 fully saturated rings. The Morgan fingerprint density at radius 3 is 2.76 bits per heavy atom. The second-order valence-electron chi connectivity index (χ2n) is 7.23. The molecule has 1 unspecified atom stereocenters. The van der Waals surface area contributed by atoms with Gasteiger partial charge in [-0.2, -0.15) is 0 Å². The first kappa shape index (κ1) is 15.0. The first-order chi connectivity index (χ1) is 12.3. The summed E-state index contributed by atoms with van der Waals surface area (Å²) in [5.74, 6) is 0.228. The van der Waals surface area contributed by atoms with E-state index in [4.69, 9.17) is 0 Å². The molecule has 2 saturated heterocycles. The minimum Gasteiger partial charge on any atom is -0.372 e. The van der Waals surface area contributed by atoms with Crippen LogP contribution in [0.1, 0.15) is 25.0 Å². The molecule has 3 aliphatic heterocycles. The number of anilines is 1. The number of carbonyl (C=O) groups excluding carboxylic acids is 1. The van der Waals surface area contributed by atoms with E-state index in [1.54, 1.807) is 0 Å². The molecule has 1 aromatic heterocycles. The molecule has 2 aromatic rings. The van der Waals surface area contributed by atoms with Crippen LogP contribution in [0.25, 0.3) is 5.69 Å². The van der Waals surface area contributed by atoms with Crippen molar-refractivity contribution in [3.05, 3.63) is 48.3 Å². The summed E-state index contributed by atoms with van der Waals surface area (Å²) in [6.07, 6.45) is 4.87. The van der Waals surface area contributed by atoms with Gasteiger partial charge in [-0.25, -0.2) is 5.43 Å². The van der Waals surface area contributed by atoms with Crippen molar-refractivity contribution in [1.29, 1.82) is 0 Å². The number of hydrazine groups is 1. The molecular weight excluding hydrogens is 314 g/mol. The van der Waals surface area contributed by atoms with Crippen LogP contribution in [0.3, 0.4) is 0 Å². The molecule has 4 heterocycles. The van der Waals surface area contributed by atoms with E-state index in [1.807, 2.05) is 4.90 Å². The third-order valence-electron chi connectivity index (χ3n) is 5.84. The number of carbonyl (C=O) groups is 1. The van der Waals surface area contributed by atoms with Crippen molar-refractivity contribution < 1.29 is 4.79 Å².